The summed E-state index contributed by atoms with van der Waals surface area (Å²) in [6, 6.07) is 7.25. The number of para-hydroxylation sites is 2. The fraction of sp³-hybridized carbons (Fsp3) is 0.312. The zero-order chi connectivity index (χ0) is 16.4. The van der Waals surface area contributed by atoms with Crippen LogP contribution in [0.3, 0.4) is 0 Å². The number of rotatable bonds is 3. The molecule has 6 nitrogen and oxygen atoms in total. The van der Waals surface area contributed by atoms with Gasteiger partial charge in [-0.2, -0.15) is 0 Å². The zero-order valence-corrected chi connectivity index (χ0v) is 13.5. The van der Waals surface area contributed by atoms with Crippen molar-refractivity contribution in [2.45, 2.75) is 12.5 Å². The van der Waals surface area contributed by atoms with Crippen LogP contribution in [0.25, 0.3) is 17.1 Å². The lowest BCUT2D eigenvalue weighted by atomic mass is 10.2. The van der Waals surface area contributed by atoms with Crippen LogP contribution in [0.1, 0.15) is 12.1 Å². The van der Waals surface area contributed by atoms with Crippen molar-refractivity contribution in [1.29, 1.82) is 0 Å². The molecule has 0 spiro atoms. The molecule has 120 valence electrons. The summed E-state index contributed by atoms with van der Waals surface area (Å²) < 4.78 is 23.0. The molecule has 23 heavy (non-hydrogen) atoms. The molecule has 2 aromatic rings. The monoisotopic (exact) mass is 331 g/mol. The van der Waals surface area contributed by atoms with Crippen molar-refractivity contribution in [2.24, 2.45) is 0 Å². The maximum atomic E-state index is 12.2. The molecule has 1 aromatic heterocycles. The molecule has 1 amide bonds. The van der Waals surface area contributed by atoms with Gasteiger partial charge in [-0.05, 0) is 24.6 Å². The molecular formula is C16H17N3O3S. The second-order valence-electron chi connectivity index (χ2n) is 5.62. The highest BCUT2D eigenvalue weighted by Crippen LogP contribution is 2.17. The third kappa shape index (κ3) is 3.56. The number of hydrogen-bond donors (Lipinski definition) is 0. The number of benzene rings is 1. The summed E-state index contributed by atoms with van der Waals surface area (Å²) in [5.41, 5.74) is 2.14. The number of fused-ring (bicyclic) bond motifs is 1. The molecule has 1 unspecified atom stereocenters. The van der Waals surface area contributed by atoms with Crippen molar-refractivity contribution in [3.05, 3.63) is 42.2 Å². The lowest BCUT2D eigenvalue weighted by molar-refractivity contribution is -0.126. The predicted octanol–water partition coefficient (Wildman–Crippen LogP) is 1.29. The van der Waals surface area contributed by atoms with Crippen molar-refractivity contribution in [3.8, 4) is 0 Å². The highest BCUT2D eigenvalue weighted by molar-refractivity contribution is 7.91. The van der Waals surface area contributed by atoms with Crippen LogP contribution in [0.2, 0.25) is 0 Å². The van der Waals surface area contributed by atoms with Gasteiger partial charge in [0.1, 0.15) is 0 Å². The highest BCUT2D eigenvalue weighted by atomic mass is 32.2. The van der Waals surface area contributed by atoms with Crippen LogP contribution in [0.5, 0.6) is 0 Å². The summed E-state index contributed by atoms with van der Waals surface area (Å²) in [4.78, 5) is 22.3. The van der Waals surface area contributed by atoms with Crippen LogP contribution in [-0.4, -0.2) is 53.8 Å². The summed E-state index contributed by atoms with van der Waals surface area (Å²) in [5.74, 6) is -0.0457. The SMILES string of the molecule is CN(C(=O)/C=C/c1cnc2ccccc2n1)C1CCS(=O)(=O)C1. The standard InChI is InChI=1S/C16H17N3O3S/c1-19(13-8-9-23(21,22)11-13)16(20)7-6-12-10-17-14-4-2-3-5-15(14)18-12/h2-7,10,13H,8-9,11H2,1H3/b7-6+. The Kier molecular flexibility index (Phi) is 4.12. The second-order valence-corrected chi connectivity index (χ2v) is 7.85. The van der Waals surface area contributed by atoms with E-state index in [1.54, 1.807) is 19.3 Å². The van der Waals surface area contributed by atoms with Gasteiger partial charge in [-0.25, -0.2) is 13.4 Å². The van der Waals surface area contributed by atoms with Gasteiger partial charge >= 0.3 is 0 Å². The maximum absolute atomic E-state index is 12.2. The summed E-state index contributed by atoms with van der Waals surface area (Å²) in [6.07, 6.45) is 5.10. The van der Waals surface area contributed by atoms with Crippen LogP contribution in [0, 0.1) is 0 Å². The van der Waals surface area contributed by atoms with E-state index in [2.05, 4.69) is 9.97 Å². The molecule has 7 heteroatoms. The summed E-state index contributed by atoms with van der Waals surface area (Å²) in [5, 5.41) is 0. The number of sulfone groups is 1. The first-order chi connectivity index (χ1) is 10.9. The Bertz CT molecular complexity index is 877. The van der Waals surface area contributed by atoms with Gasteiger partial charge in [0.05, 0.1) is 34.4 Å². The fourth-order valence-electron chi connectivity index (χ4n) is 2.59. The predicted molar refractivity (Wildman–Crippen MR) is 88.4 cm³/mol. The minimum Gasteiger partial charge on any atom is -0.338 e. The Hall–Kier alpha value is -2.28. The number of aromatic nitrogens is 2. The third-order valence-corrected chi connectivity index (χ3v) is 5.72. The van der Waals surface area contributed by atoms with Crippen molar-refractivity contribution in [3.63, 3.8) is 0 Å². The number of carbonyl (C=O) groups excluding carboxylic acids is 1. The minimum absolute atomic E-state index is 0.0405. The van der Waals surface area contributed by atoms with E-state index >= 15 is 0 Å². The molecule has 0 N–H and O–H groups in total. The number of hydrogen-bond acceptors (Lipinski definition) is 5. The summed E-state index contributed by atoms with van der Waals surface area (Å²) >= 11 is 0. The van der Waals surface area contributed by atoms with Gasteiger partial charge < -0.3 is 4.90 Å². The van der Waals surface area contributed by atoms with E-state index in [1.165, 1.54) is 11.0 Å². The lowest BCUT2D eigenvalue weighted by Gasteiger charge is -2.21. The average molecular weight is 331 g/mol. The van der Waals surface area contributed by atoms with E-state index in [0.717, 1.165) is 11.0 Å². The Labute approximate surface area is 134 Å². The van der Waals surface area contributed by atoms with Crippen LogP contribution in [0.4, 0.5) is 0 Å². The van der Waals surface area contributed by atoms with Crippen molar-refractivity contribution < 1.29 is 13.2 Å². The number of nitrogens with zero attached hydrogens (tertiary/aromatic N) is 3. The number of amides is 1. The molecule has 2 heterocycles. The van der Waals surface area contributed by atoms with Crippen molar-refractivity contribution in [2.75, 3.05) is 18.6 Å². The molecule has 0 saturated carbocycles. The first kappa shape index (κ1) is 15.6. The molecule has 0 bridgehead atoms. The Balaban J connectivity index is 1.72. The largest absolute Gasteiger partial charge is 0.338 e. The van der Waals surface area contributed by atoms with Crippen LogP contribution in [0.15, 0.2) is 36.5 Å². The van der Waals surface area contributed by atoms with E-state index < -0.39 is 9.84 Å². The van der Waals surface area contributed by atoms with Gasteiger partial charge in [0.15, 0.2) is 9.84 Å². The van der Waals surface area contributed by atoms with E-state index in [4.69, 9.17) is 0 Å². The Morgan fingerprint density at radius 1 is 1.30 bits per heavy atom. The average Bonchev–Trinajstić information content (AvgIpc) is 2.91. The first-order valence-corrected chi connectivity index (χ1v) is 9.14. The quantitative estimate of drug-likeness (QED) is 0.792. The Morgan fingerprint density at radius 3 is 2.74 bits per heavy atom. The molecule has 1 saturated heterocycles. The topological polar surface area (TPSA) is 80.2 Å². The van der Waals surface area contributed by atoms with Gasteiger partial charge in [0.25, 0.3) is 0 Å². The second kappa shape index (κ2) is 6.08. The van der Waals surface area contributed by atoms with Crippen LogP contribution < -0.4 is 0 Å². The molecule has 1 aromatic carbocycles. The van der Waals surface area contributed by atoms with E-state index in [-0.39, 0.29) is 23.5 Å². The molecule has 1 aliphatic rings. The van der Waals surface area contributed by atoms with E-state index in [9.17, 15) is 13.2 Å². The highest BCUT2D eigenvalue weighted by Gasteiger charge is 2.31. The fourth-order valence-corrected chi connectivity index (χ4v) is 4.36. The minimum atomic E-state index is -3.01. The molecule has 0 aliphatic carbocycles. The van der Waals surface area contributed by atoms with Crippen LogP contribution in [-0.2, 0) is 14.6 Å². The lowest BCUT2D eigenvalue weighted by Crippen LogP contribution is -2.36. The molecule has 0 radical (unpaired) electrons. The number of likely N-dealkylation sites (N-methyl/N-ethyl adjacent to an activating group) is 1. The van der Waals surface area contributed by atoms with Gasteiger partial charge in [0.2, 0.25) is 5.91 Å². The third-order valence-electron chi connectivity index (χ3n) is 3.97. The smallest absolute Gasteiger partial charge is 0.246 e. The first-order valence-electron chi connectivity index (χ1n) is 7.32. The molecule has 1 atom stereocenters. The normalized spacial score (nSPS) is 20.1. The van der Waals surface area contributed by atoms with Crippen molar-refractivity contribution >= 4 is 32.9 Å². The molecular weight excluding hydrogens is 314 g/mol. The van der Waals surface area contributed by atoms with E-state index in [0.29, 0.717) is 12.1 Å². The van der Waals surface area contributed by atoms with Crippen LogP contribution >= 0.6 is 0 Å². The molecule has 1 fully saturated rings. The zero-order valence-electron chi connectivity index (χ0n) is 12.7. The van der Waals surface area contributed by atoms with Gasteiger partial charge in [0, 0.05) is 19.2 Å². The number of carbonyl (C=O) groups is 1. The van der Waals surface area contributed by atoms with Gasteiger partial charge in [-0.15, -0.1) is 0 Å². The van der Waals surface area contributed by atoms with Gasteiger partial charge in [-0.1, -0.05) is 12.1 Å². The molecule has 1 aliphatic heterocycles. The summed E-state index contributed by atoms with van der Waals surface area (Å²) in [7, 11) is -1.38. The van der Waals surface area contributed by atoms with E-state index in [1.807, 2.05) is 24.3 Å². The summed E-state index contributed by atoms with van der Waals surface area (Å²) in [6.45, 7) is 0. The van der Waals surface area contributed by atoms with Gasteiger partial charge in [-0.3, -0.25) is 9.78 Å². The Morgan fingerprint density at radius 2 is 2.04 bits per heavy atom. The molecule has 3 rings (SSSR count). The maximum Gasteiger partial charge on any atom is 0.246 e. The van der Waals surface area contributed by atoms with Crippen molar-refractivity contribution in [1.82, 2.24) is 14.9 Å².